The van der Waals surface area contributed by atoms with Crippen molar-refractivity contribution >= 4 is 46.4 Å². The molecule has 0 aliphatic carbocycles. The Kier molecular flexibility index (Phi) is 6.69. The molecule has 7 heteroatoms. The van der Waals surface area contributed by atoms with Gasteiger partial charge in [-0.05, 0) is 55.0 Å². The Hall–Kier alpha value is -1.56. The number of rotatable bonds is 5. The van der Waals surface area contributed by atoms with E-state index in [2.05, 4.69) is 11.4 Å². The molecule has 1 aromatic heterocycles. The molecule has 1 atom stereocenters. The van der Waals surface area contributed by atoms with E-state index in [9.17, 15) is 9.59 Å². The zero-order valence-electron chi connectivity index (χ0n) is 16.2. The van der Waals surface area contributed by atoms with E-state index >= 15 is 0 Å². The number of fused-ring (bicyclic) bond motifs is 1. The summed E-state index contributed by atoms with van der Waals surface area (Å²) >= 11 is 14.3. The molecule has 28 heavy (non-hydrogen) atoms. The lowest BCUT2D eigenvalue weighted by atomic mass is 9.93. The number of nitrogens with zero attached hydrogens (tertiary/aromatic N) is 2. The van der Waals surface area contributed by atoms with E-state index in [1.165, 1.54) is 4.88 Å². The van der Waals surface area contributed by atoms with Crippen LogP contribution in [-0.4, -0.2) is 40.7 Å². The first kappa shape index (κ1) is 21.2. The van der Waals surface area contributed by atoms with E-state index < -0.39 is 0 Å². The van der Waals surface area contributed by atoms with E-state index in [0.29, 0.717) is 23.0 Å². The van der Waals surface area contributed by atoms with E-state index in [1.54, 1.807) is 28.4 Å². The summed E-state index contributed by atoms with van der Waals surface area (Å²) in [5.41, 5.74) is 1.96. The molecule has 4 nitrogen and oxygen atoms in total. The van der Waals surface area contributed by atoms with Crippen molar-refractivity contribution in [1.29, 1.82) is 0 Å². The molecule has 1 unspecified atom stereocenters. The molecule has 2 aromatic rings. The molecule has 0 N–H and O–H groups in total. The predicted octanol–water partition coefficient (Wildman–Crippen LogP) is 5.18. The largest absolute Gasteiger partial charge is 0.331 e. The molecule has 0 spiro atoms. The third-order valence-electron chi connectivity index (χ3n) is 5.10. The van der Waals surface area contributed by atoms with Crippen molar-refractivity contribution in [3.8, 4) is 0 Å². The minimum absolute atomic E-state index is 0.0161. The zero-order chi connectivity index (χ0) is 20.4. The van der Waals surface area contributed by atoms with Gasteiger partial charge in [0.2, 0.25) is 11.8 Å². The maximum atomic E-state index is 13.3. The van der Waals surface area contributed by atoms with Crippen molar-refractivity contribution in [3.63, 3.8) is 0 Å². The van der Waals surface area contributed by atoms with Crippen molar-refractivity contribution in [2.24, 2.45) is 0 Å². The second kappa shape index (κ2) is 8.85. The average molecular weight is 439 g/mol. The standard InChI is InChI=1S/C21H24Cl2N2O2S/c1-4-19(26)25(13(2)3)12-20(27)24-9-7-18-16(8-10-28-18)21(24)15-6-5-14(22)11-17(15)23/h5-6,8,10-11,13,21H,4,7,9,12H2,1-3H3. The van der Waals surface area contributed by atoms with E-state index in [4.69, 9.17) is 23.2 Å². The quantitative estimate of drug-likeness (QED) is 0.645. The fraction of sp³-hybridized carbons (Fsp3) is 0.429. The van der Waals surface area contributed by atoms with Gasteiger partial charge in [0.1, 0.15) is 6.54 Å². The van der Waals surface area contributed by atoms with Crippen LogP contribution in [0.5, 0.6) is 0 Å². The molecule has 0 saturated carbocycles. The maximum absolute atomic E-state index is 13.3. The van der Waals surface area contributed by atoms with Gasteiger partial charge in [0.25, 0.3) is 0 Å². The summed E-state index contributed by atoms with van der Waals surface area (Å²) in [6.45, 7) is 6.36. The highest BCUT2D eigenvalue weighted by atomic mass is 35.5. The summed E-state index contributed by atoms with van der Waals surface area (Å²) in [6.07, 6.45) is 1.19. The SMILES string of the molecule is CCC(=O)N(CC(=O)N1CCc2sccc2C1c1ccc(Cl)cc1Cl)C(C)C. The Morgan fingerprint density at radius 1 is 1.25 bits per heavy atom. The number of amides is 2. The monoisotopic (exact) mass is 438 g/mol. The van der Waals surface area contributed by atoms with Gasteiger partial charge in [0.15, 0.2) is 0 Å². The van der Waals surface area contributed by atoms with Gasteiger partial charge in [-0.1, -0.05) is 36.2 Å². The molecular weight excluding hydrogens is 415 g/mol. The Morgan fingerprint density at radius 3 is 2.64 bits per heavy atom. The minimum atomic E-state index is -0.266. The molecule has 2 amide bonds. The third kappa shape index (κ3) is 4.22. The Balaban J connectivity index is 1.96. The van der Waals surface area contributed by atoms with Crippen LogP contribution >= 0.6 is 34.5 Å². The van der Waals surface area contributed by atoms with Crippen LogP contribution in [0.15, 0.2) is 29.6 Å². The molecule has 0 bridgehead atoms. The number of carbonyl (C=O) groups is 2. The van der Waals surface area contributed by atoms with Gasteiger partial charge in [0.05, 0.1) is 6.04 Å². The van der Waals surface area contributed by atoms with Gasteiger partial charge in [-0.25, -0.2) is 0 Å². The lowest BCUT2D eigenvalue weighted by molar-refractivity contribution is -0.143. The summed E-state index contributed by atoms with van der Waals surface area (Å²) in [7, 11) is 0. The predicted molar refractivity (Wildman–Crippen MR) is 115 cm³/mol. The molecule has 150 valence electrons. The first-order chi connectivity index (χ1) is 13.3. The zero-order valence-corrected chi connectivity index (χ0v) is 18.6. The maximum Gasteiger partial charge on any atom is 0.243 e. The molecule has 2 heterocycles. The summed E-state index contributed by atoms with van der Waals surface area (Å²) in [5, 5.41) is 3.16. The van der Waals surface area contributed by atoms with Crippen molar-refractivity contribution < 1.29 is 9.59 Å². The normalized spacial score (nSPS) is 16.2. The molecule has 3 rings (SSSR count). The van der Waals surface area contributed by atoms with Crippen molar-refractivity contribution in [1.82, 2.24) is 9.80 Å². The summed E-state index contributed by atoms with van der Waals surface area (Å²) in [5.74, 6) is -0.0824. The summed E-state index contributed by atoms with van der Waals surface area (Å²) in [6, 6.07) is 7.16. The lowest BCUT2D eigenvalue weighted by Crippen LogP contribution is -2.48. The third-order valence-corrected chi connectivity index (χ3v) is 6.65. The van der Waals surface area contributed by atoms with E-state index in [-0.39, 0.29) is 30.4 Å². The highest BCUT2D eigenvalue weighted by Crippen LogP contribution is 2.41. The summed E-state index contributed by atoms with van der Waals surface area (Å²) in [4.78, 5) is 30.3. The van der Waals surface area contributed by atoms with Crippen LogP contribution in [0.2, 0.25) is 10.0 Å². The van der Waals surface area contributed by atoms with Gasteiger partial charge < -0.3 is 9.80 Å². The van der Waals surface area contributed by atoms with Gasteiger partial charge in [-0.15, -0.1) is 11.3 Å². The van der Waals surface area contributed by atoms with Gasteiger partial charge in [0, 0.05) is 33.9 Å². The molecule has 1 aliphatic heterocycles. The number of hydrogen-bond acceptors (Lipinski definition) is 3. The van der Waals surface area contributed by atoms with Crippen LogP contribution in [0.3, 0.4) is 0 Å². The molecule has 0 fully saturated rings. The Bertz CT molecular complexity index is 881. The number of carbonyl (C=O) groups excluding carboxylic acids is 2. The number of hydrogen-bond donors (Lipinski definition) is 0. The average Bonchev–Trinajstić information content (AvgIpc) is 3.13. The van der Waals surface area contributed by atoms with Crippen molar-refractivity contribution in [3.05, 3.63) is 55.7 Å². The summed E-state index contributed by atoms with van der Waals surface area (Å²) < 4.78 is 0. The molecule has 1 aromatic carbocycles. The number of halogens is 2. The van der Waals surface area contributed by atoms with E-state index in [1.807, 2.05) is 31.7 Å². The highest BCUT2D eigenvalue weighted by molar-refractivity contribution is 7.10. The molecular formula is C21H24Cl2N2O2S. The smallest absolute Gasteiger partial charge is 0.243 e. The topological polar surface area (TPSA) is 40.6 Å². The molecule has 1 aliphatic rings. The van der Waals surface area contributed by atoms with Crippen LogP contribution in [0.1, 0.15) is 49.2 Å². The van der Waals surface area contributed by atoms with Crippen molar-refractivity contribution in [2.45, 2.75) is 45.7 Å². The Morgan fingerprint density at radius 2 is 2.00 bits per heavy atom. The molecule has 0 radical (unpaired) electrons. The fourth-order valence-corrected chi connectivity index (χ4v) is 5.06. The second-order valence-electron chi connectivity index (χ2n) is 7.17. The Labute approximate surface area is 180 Å². The molecule has 0 saturated heterocycles. The fourth-order valence-electron chi connectivity index (χ4n) is 3.64. The van der Waals surface area contributed by atoms with Crippen LogP contribution in [0.4, 0.5) is 0 Å². The number of thiophene rings is 1. The van der Waals surface area contributed by atoms with Gasteiger partial charge >= 0.3 is 0 Å². The first-order valence-electron chi connectivity index (χ1n) is 9.43. The van der Waals surface area contributed by atoms with Gasteiger partial charge in [-0.2, -0.15) is 0 Å². The number of benzene rings is 1. The second-order valence-corrected chi connectivity index (χ2v) is 9.02. The van der Waals surface area contributed by atoms with Crippen LogP contribution in [0.25, 0.3) is 0 Å². The van der Waals surface area contributed by atoms with Crippen LogP contribution < -0.4 is 0 Å². The van der Waals surface area contributed by atoms with Crippen LogP contribution in [0, 0.1) is 0 Å². The minimum Gasteiger partial charge on any atom is -0.331 e. The van der Waals surface area contributed by atoms with Gasteiger partial charge in [-0.3, -0.25) is 9.59 Å². The van der Waals surface area contributed by atoms with Crippen LogP contribution in [-0.2, 0) is 16.0 Å². The van der Waals surface area contributed by atoms with E-state index in [0.717, 1.165) is 17.5 Å². The lowest BCUT2D eigenvalue weighted by Gasteiger charge is -2.38. The van der Waals surface area contributed by atoms with Crippen molar-refractivity contribution in [2.75, 3.05) is 13.1 Å². The first-order valence-corrected chi connectivity index (χ1v) is 11.1. The highest BCUT2D eigenvalue weighted by Gasteiger charge is 2.35.